The third-order valence-electron chi connectivity index (χ3n) is 5.30. The number of primary amides is 1. The van der Waals surface area contributed by atoms with Crippen molar-refractivity contribution in [3.63, 3.8) is 0 Å². The zero-order valence-corrected chi connectivity index (χ0v) is 16.4. The lowest BCUT2D eigenvalue weighted by Gasteiger charge is -2.28. The number of rotatable bonds is 5. The Morgan fingerprint density at radius 1 is 1.30 bits per heavy atom. The molecule has 7 heteroatoms. The lowest BCUT2D eigenvalue weighted by atomic mass is 9.86. The Hall–Kier alpha value is -2.44. The Bertz CT molecular complexity index is 830. The van der Waals surface area contributed by atoms with Gasteiger partial charge in [0, 0.05) is 12.7 Å². The van der Waals surface area contributed by atoms with Crippen LogP contribution in [0, 0.1) is 11.3 Å². The molecule has 1 saturated carbocycles. The summed E-state index contributed by atoms with van der Waals surface area (Å²) in [6, 6.07) is 2.86. The highest BCUT2D eigenvalue weighted by atomic mass is 16.2. The average molecular weight is 371 g/mol. The van der Waals surface area contributed by atoms with E-state index in [1.807, 2.05) is 31.5 Å². The van der Waals surface area contributed by atoms with Gasteiger partial charge in [-0.3, -0.25) is 9.59 Å². The number of pyridine rings is 1. The van der Waals surface area contributed by atoms with Crippen LogP contribution in [-0.2, 0) is 11.3 Å². The first-order valence-electron chi connectivity index (χ1n) is 9.69. The first-order valence-corrected chi connectivity index (χ1v) is 9.69. The quantitative estimate of drug-likeness (QED) is 0.843. The summed E-state index contributed by atoms with van der Waals surface area (Å²) >= 11 is 0. The van der Waals surface area contributed by atoms with Crippen molar-refractivity contribution in [1.82, 2.24) is 20.1 Å². The average Bonchev–Trinajstić information content (AvgIpc) is 2.98. The summed E-state index contributed by atoms with van der Waals surface area (Å²) < 4.78 is 1.84. The van der Waals surface area contributed by atoms with Gasteiger partial charge in [-0.15, -0.1) is 0 Å². The van der Waals surface area contributed by atoms with E-state index in [9.17, 15) is 9.59 Å². The Kier molecular flexibility index (Phi) is 5.48. The summed E-state index contributed by atoms with van der Waals surface area (Å²) in [4.78, 5) is 29.2. The van der Waals surface area contributed by atoms with Gasteiger partial charge in [-0.05, 0) is 36.3 Å². The summed E-state index contributed by atoms with van der Waals surface area (Å²) in [5.74, 6) is -0.387. The number of amides is 2. The van der Waals surface area contributed by atoms with Crippen molar-refractivity contribution in [2.24, 2.45) is 17.1 Å². The van der Waals surface area contributed by atoms with Crippen LogP contribution in [0.3, 0.4) is 0 Å². The monoisotopic (exact) mass is 371 g/mol. The van der Waals surface area contributed by atoms with E-state index in [4.69, 9.17) is 5.73 Å². The molecule has 7 nitrogen and oxygen atoms in total. The maximum Gasteiger partial charge on any atom is 0.273 e. The highest BCUT2D eigenvalue weighted by Crippen LogP contribution is 2.27. The van der Waals surface area contributed by atoms with Crippen LogP contribution in [0.5, 0.6) is 0 Å². The van der Waals surface area contributed by atoms with Crippen LogP contribution in [0.15, 0.2) is 18.3 Å². The fraction of sp³-hybridized carbons (Fsp3) is 0.600. The first kappa shape index (κ1) is 19.3. The summed E-state index contributed by atoms with van der Waals surface area (Å²) in [6.07, 6.45) is 7.87. The highest BCUT2D eigenvalue weighted by molar-refractivity contribution is 6.05. The molecular formula is C20H29N5O2. The smallest absolute Gasteiger partial charge is 0.273 e. The van der Waals surface area contributed by atoms with Crippen LogP contribution in [0.25, 0.3) is 11.0 Å². The minimum Gasteiger partial charge on any atom is -0.368 e. The van der Waals surface area contributed by atoms with Gasteiger partial charge in [0.25, 0.3) is 5.91 Å². The molecule has 1 aliphatic rings. The topological polar surface area (TPSA) is 103 Å². The van der Waals surface area contributed by atoms with E-state index in [2.05, 4.69) is 15.4 Å². The Balaban J connectivity index is 1.89. The molecule has 0 aromatic carbocycles. The fourth-order valence-corrected chi connectivity index (χ4v) is 3.83. The Morgan fingerprint density at radius 2 is 2.00 bits per heavy atom. The molecule has 0 saturated heterocycles. The number of hydrogen-bond donors (Lipinski definition) is 2. The number of aromatic nitrogens is 3. The van der Waals surface area contributed by atoms with E-state index in [-0.39, 0.29) is 0 Å². The van der Waals surface area contributed by atoms with E-state index in [0.29, 0.717) is 22.6 Å². The standard InChI is InChI=1S/C20H29N5O2/c1-20(2,3)16(17(21)26)23-19(27)15-14-10-7-11-22-18(14)25(24-15)12-13-8-5-4-6-9-13/h7,10-11,13,16H,4-6,8-9,12H2,1-3H3,(H2,21,26)(H,23,27). The van der Waals surface area contributed by atoms with Crippen LogP contribution >= 0.6 is 0 Å². The van der Waals surface area contributed by atoms with E-state index in [1.165, 1.54) is 32.1 Å². The van der Waals surface area contributed by atoms with Crippen molar-refractivity contribution in [1.29, 1.82) is 0 Å². The second-order valence-electron chi connectivity index (χ2n) is 8.58. The molecule has 0 bridgehead atoms. The van der Waals surface area contributed by atoms with E-state index in [1.54, 1.807) is 12.3 Å². The van der Waals surface area contributed by atoms with E-state index < -0.39 is 23.3 Å². The maximum absolute atomic E-state index is 12.9. The van der Waals surface area contributed by atoms with E-state index in [0.717, 1.165) is 6.54 Å². The molecule has 0 radical (unpaired) electrons. The molecule has 3 rings (SSSR count). The molecular weight excluding hydrogens is 342 g/mol. The third-order valence-corrected chi connectivity index (χ3v) is 5.30. The van der Waals surface area contributed by atoms with E-state index >= 15 is 0 Å². The number of carbonyl (C=O) groups is 2. The molecule has 3 N–H and O–H groups in total. The van der Waals surface area contributed by atoms with Crippen LogP contribution < -0.4 is 11.1 Å². The molecule has 1 unspecified atom stereocenters. The fourth-order valence-electron chi connectivity index (χ4n) is 3.83. The van der Waals surface area contributed by atoms with Gasteiger partial charge in [0.1, 0.15) is 6.04 Å². The predicted octanol–water partition coefficient (Wildman–Crippen LogP) is 2.64. The minimum atomic E-state index is -0.778. The van der Waals surface area contributed by atoms with Crippen LogP contribution in [0.4, 0.5) is 0 Å². The van der Waals surface area contributed by atoms with Crippen molar-refractivity contribution in [3.8, 4) is 0 Å². The second kappa shape index (κ2) is 7.66. The number of nitrogens with one attached hydrogen (secondary N) is 1. The van der Waals surface area contributed by atoms with Crippen molar-refractivity contribution < 1.29 is 9.59 Å². The molecule has 146 valence electrons. The molecule has 1 aliphatic carbocycles. The lowest BCUT2D eigenvalue weighted by Crippen LogP contribution is -2.52. The summed E-state index contributed by atoms with van der Waals surface area (Å²) in [5.41, 5.74) is 6.02. The SMILES string of the molecule is CC(C)(C)C(NC(=O)c1nn(CC2CCCCC2)c2ncccc12)C(N)=O. The van der Waals surface area contributed by atoms with Gasteiger partial charge in [0.05, 0.1) is 5.39 Å². The largest absolute Gasteiger partial charge is 0.368 e. The van der Waals surface area contributed by atoms with Gasteiger partial charge in [-0.1, -0.05) is 40.0 Å². The van der Waals surface area contributed by atoms with Crippen molar-refractivity contribution >= 4 is 22.8 Å². The zero-order chi connectivity index (χ0) is 19.6. The lowest BCUT2D eigenvalue weighted by molar-refractivity contribution is -0.122. The van der Waals surface area contributed by atoms with Crippen LogP contribution in [-0.4, -0.2) is 32.6 Å². The molecule has 2 aromatic heterocycles. The highest BCUT2D eigenvalue weighted by Gasteiger charge is 2.32. The molecule has 0 spiro atoms. The number of fused-ring (bicyclic) bond motifs is 1. The van der Waals surface area contributed by atoms with Gasteiger partial charge >= 0.3 is 0 Å². The summed E-state index contributed by atoms with van der Waals surface area (Å²) in [5, 5.41) is 8.03. The van der Waals surface area contributed by atoms with Crippen molar-refractivity contribution in [2.75, 3.05) is 0 Å². The van der Waals surface area contributed by atoms with Crippen LogP contribution in [0.2, 0.25) is 0 Å². The molecule has 1 atom stereocenters. The maximum atomic E-state index is 12.9. The normalized spacial score (nSPS) is 17.0. The number of carbonyl (C=O) groups excluding carboxylic acids is 2. The van der Waals surface area contributed by atoms with Crippen molar-refractivity contribution in [2.45, 2.75) is 65.5 Å². The predicted molar refractivity (Wildman–Crippen MR) is 104 cm³/mol. The molecule has 0 aliphatic heterocycles. The zero-order valence-electron chi connectivity index (χ0n) is 16.4. The van der Waals surface area contributed by atoms with Gasteiger partial charge in [0.15, 0.2) is 11.3 Å². The third kappa shape index (κ3) is 4.28. The molecule has 27 heavy (non-hydrogen) atoms. The minimum absolute atomic E-state index is 0.296. The summed E-state index contributed by atoms with van der Waals surface area (Å²) in [6.45, 7) is 6.36. The number of hydrogen-bond acceptors (Lipinski definition) is 4. The molecule has 1 fully saturated rings. The van der Waals surface area contributed by atoms with Crippen LogP contribution in [0.1, 0.15) is 63.4 Å². The first-order chi connectivity index (χ1) is 12.8. The molecule has 2 heterocycles. The van der Waals surface area contributed by atoms with Gasteiger partial charge < -0.3 is 11.1 Å². The Labute approximate surface area is 159 Å². The number of nitrogens with two attached hydrogens (primary N) is 1. The van der Waals surface area contributed by atoms with Crippen molar-refractivity contribution in [3.05, 3.63) is 24.0 Å². The molecule has 2 amide bonds. The number of nitrogens with zero attached hydrogens (tertiary/aromatic N) is 3. The van der Waals surface area contributed by atoms with Gasteiger partial charge in [-0.2, -0.15) is 5.10 Å². The molecule has 2 aromatic rings. The van der Waals surface area contributed by atoms with Gasteiger partial charge in [0.2, 0.25) is 5.91 Å². The Morgan fingerprint density at radius 3 is 2.63 bits per heavy atom. The summed E-state index contributed by atoms with van der Waals surface area (Å²) in [7, 11) is 0. The van der Waals surface area contributed by atoms with Gasteiger partial charge in [-0.25, -0.2) is 9.67 Å². The second-order valence-corrected chi connectivity index (χ2v) is 8.58.